The first-order valence-electron chi connectivity index (χ1n) is 7.01. The van der Waals surface area contributed by atoms with Crippen molar-refractivity contribution in [3.05, 3.63) is 63.2 Å². The SMILES string of the molecule is CCCOc1ccccc1/C=N\NC(=O)c1ccc(I)cc1. The number of benzene rings is 2. The molecule has 0 atom stereocenters. The molecule has 5 heteroatoms. The zero-order valence-electron chi connectivity index (χ0n) is 12.3. The highest BCUT2D eigenvalue weighted by Gasteiger charge is 2.04. The molecular weight excluding hydrogens is 391 g/mol. The Morgan fingerprint density at radius 3 is 2.68 bits per heavy atom. The number of halogens is 1. The molecule has 0 aliphatic carbocycles. The van der Waals surface area contributed by atoms with Crippen LogP contribution in [0.5, 0.6) is 5.75 Å². The lowest BCUT2D eigenvalue weighted by molar-refractivity contribution is 0.0955. The fraction of sp³-hybridized carbons (Fsp3) is 0.176. The van der Waals surface area contributed by atoms with Crippen LogP contribution in [0.3, 0.4) is 0 Å². The summed E-state index contributed by atoms with van der Waals surface area (Å²) in [5.41, 5.74) is 3.93. The molecule has 0 spiro atoms. The van der Waals surface area contributed by atoms with E-state index in [2.05, 4.69) is 40.0 Å². The van der Waals surface area contributed by atoms with Gasteiger partial charge in [-0.05, 0) is 65.4 Å². The second-order valence-electron chi connectivity index (χ2n) is 4.59. The summed E-state index contributed by atoms with van der Waals surface area (Å²) < 4.78 is 6.72. The van der Waals surface area contributed by atoms with Crippen LogP contribution in [0.15, 0.2) is 53.6 Å². The van der Waals surface area contributed by atoms with Gasteiger partial charge in [-0.2, -0.15) is 5.10 Å². The molecular formula is C17H17IN2O2. The molecule has 0 heterocycles. The van der Waals surface area contributed by atoms with E-state index in [-0.39, 0.29) is 5.91 Å². The van der Waals surface area contributed by atoms with Crippen LogP contribution in [-0.4, -0.2) is 18.7 Å². The van der Waals surface area contributed by atoms with Crippen LogP contribution < -0.4 is 10.2 Å². The minimum atomic E-state index is -0.236. The first kappa shape index (κ1) is 16.5. The van der Waals surface area contributed by atoms with Crippen molar-refractivity contribution in [2.75, 3.05) is 6.61 Å². The van der Waals surface area contributed by atoms with Crippen LogP contribution in [0.2, 0.25) is 0 Å². The zero-order valence-corrected chi connectivity index (χ0v) is 14.4. The Kier molecular flexibility index (Phi) is 6.39. The minimum Gasteiger partial charge on any atom is -0.493 e. The van der Waals surface area contributed by atoms with Gasteiger partial charge in [-0.1, -0.05) is 19.1 Å². The van der Waals surface area contributed by atoms with Crippen molar-refractivity contribution in [2.45, 2.75) is 13.3 Å². The van der Waals surface area contributed by atoms with Crippen molar-refractivity contribution >= 4 is 34.7 Å². The summed E-state index contributed by atoms with van der Waals surface area (Å²) in [5.74, 6) is 0.524. The number of hydrogen-bond donors (Lipinski definition) is 1. The maximum absolute atomic E-state index is 11.9. The molecule has 0 saturated carbocycles. The predicted octanol–water partition coefficient (Wildman–Crippen LogP) is 3.84. The fourth-order valence-corrected chi connectivity index (χ4v) is 2.12. The molecule has 0 bridgehead atoms. The highest BCUT2D eigenvalue weighted by atomic mass is 127. The van der Waals surface area contributed by atoms with E-state index < -0.39 is 0 Å². The first-order valence-corrected chi connectivity index (χ1v) is 8.09. The summed E-state index contributed by atoms with van der Waals surface area (Å²) >= 11 is 2.20. The van der Waals surface area contributed by atoms with Crippen molar-refractivity contribution in [2.24, 2.45) is 5.10 Å². The van der Waals surface area contributed by atoms with Gasteiger partial charge in [-0.15, -0.1) is 0 Å². The standard InChI is InChI=1S/C17H17IN2O2/c1-2-11-22-16-6-4-3-5-14(16)12-19-20-17(21)13-7-9-15(18)10-8-13/h3-10,12H,2,11H2,1H3,(H,20,21)/b19-12-. The average molecular weight is 408 g/mol. The van der Waals surface area contributed by atoms with E-state index in [0.29, 0.717) is 12.2 Å². The van der Waals surface area contributed by atoms with Crippen molar-refractivity contribution in [3.63, 3.8) is 0 Å². The molecule has 0 aromatic heterocycles. The van der Waals surface area contributed by atoms with E-state index in [1.165, 1.54) is 0 Å². The van der Waals surface area contributed by atoms with Crippen LogP contribution in [0, 0.1) is 3.57 Å². The van der Waals surface area contributed by atoms with Gasteiger partial charge in [0.1, 0.15) is 5.75 Å². The zero-order chi connectivity index (χ0) is 15.8. The molecule has 0 aliphatic rings. The topological polar surface area (TPSA) is 50.7 Å². The number of carbonyl (C=O) groups excluding carboxylic acids is 1. The monoisotopic (exact) mass is 408 g/mol. The summed E-state index contributed by atoms with van der Waals surface area (Å²) in [4.78, 5) is 11.9. The van der Waals surface area contributed by atoms with Crippen molar-refractivity contribution in [3.8, 4) is 5.75 Å². The molecule has 22 heavy (non-hydrogen) atoms. The number of nitrogens with one attached hydrogen (secondary N) is 1. The van der Waals surface area contributed by atoms with Gasteiger partial charge in [-0.25, -0.2) is 5.43 Å². The summed E-state index contributed by atoms with van der Waals surface area (Å²) in [6.07, 6.45) is 2.53. The highest BCUT2D eigenvalue weighted by molar-refractivity contribution is 14.1. The lowest BCUT2D eigenvalue weighted by atomic mass is 10.2. The molecule has 0 fully saturated rings. The van der Waals surface area contributed by atoms with Gasteiger partial charge in [0, 0.05) is 14.7 Å². The summed E-state index contributed by atoms with van der Waals surface area (Å²) in [5, 5.41) is 4.00. The van der Waals surface area contributed by atoms with E-state index >= 15 is 0 Å². The number of carbonyl (C=O) groups is 1. The third-order valence-electron chi connectivity index (χ3n) is 2.86. The number of para-hydroxylation sites is 1. The molecule has 0 saturated heterocycles. The van der Waals surface area contributed by atoms with Gasteiger partial charge in [0.05, 0.1) is 12.8 Å². The number of hydrogen-bond acceptors (Lipinski definition) is 3. The molecule has 0 aliphatic heterocycles. The number of amides is 1. The predicted molar refractivity (Wildman–Crippen MR) is 96.4 cm³/mol. The molecule has 2 aromatic carbocycles. The molecule has 2 rings (SSSR count). The summed E-state index contributed by atoms with van der Waals surface area (Å²) in [6.45, 7) is 2.71. The van der Waals surface area contributed by atoms with Gasteiger partial charge in [0.25, 0.3) is 5.91 Å². The molecule has 114 valence electrons. The third-order valence-corrected chi connectivity index (χ3v) is 3.58. The molecule has 1 amide bonds. The van der Waals surface area contributed by atoms with Crippen LogP contribution in [0.1, 0.15) is 29.3 Å². The maximum atomic E-state index is 11.9. The van der Waals surface area contributed by atoms with E-state index in [4.69, 9.17) is 4.74 Å². The molecule has 1 N–H and O–H groups in total. The smallest absolute Gasteiger partial charge is 0.271 e. The number of rotatable bonds is 6. The first-order chi connectivity index (χ1) is 10.7. The minimum absolute atomic E-state index is 0.236. The maximum Gasteiger partial charge on any atom is 0.271 e. The Morgan fingerprint density at radius 2 is 1.95 bits per heavy atom. The summed E-state index contributed by atoms with van der Waals surface area (Å²) in [7, 11) is 0. The van der Waals surface area contributed by atoms with Gasteiger partial charge < -0.3 is 4.74 Å². The number of hydrazone groups is 1. The Morgan fingerprint density at radius 1 is 1.23 bits per heavy atom. The van der Waals surface area contributed by atoms with Gasteiger partial charge in [0.2, 0.25) is 0 Å². The largest absolute Gasteiger partial charge is 0.493 e. The summed E-state index contributed by atoms with van der Waals surface area (Å²) in [6, 6.07) is 14.9. The molecule has 0 radical (unpaired) electrons. The second-order valence-corrected chi connectivity index (χ2v) is 5.84. The van der Waals surface area contributed by atoms with E-state index in [0.717, 1.165) is 21.3 Å². The average Bonchev–Trinajstić information content (AvgIpc) is 2.54. The third kappa shape index (κ3) is 4.84. The Bertz CT molecular complexity index is 654. The van der Waals surface area contributed by atoms with Gasteiger partial charge >= 0.3 is 0 Å². The number of nitrogens with zero attached hydrogens (tertiary/aromatic N) is 1. The van der Waals surface area contributed by atoms with Crippen molar-refractivity contribution in [1.29, 1.82) is 0 Å². The Labute approximate surface area is 143 Å². The molecule has 2 aromatic rings. The van der Waals surface area contributed by atoms with E-state index in [1.807, 2.05) is 36.4 Å². The van der Waals surface area contributed by atoms with Crippen LogP contribution in [-0.2, 0) is 0 Å². The Balaban J connectivity index is 2.00. The van der Waals surface area contributed by atoms with Crippen LogP contribution in [0.25, 0.3) is 0 Å². The van der Waals surface area contributed by atoms with E-state index in [9.17, 15) is 4.79 Å². The highest BCUT2D eigenvalue weighted by Crippen LogP contribution is 2.15. The Hall–Kier alpha value is -1.89. The van der Waals surface area contributed by atoms with Gasteiger partial charge in [0.15, 0.2) is 0 Å². The quantitative estimate of drug-likeness (QED) is 0.449. The lowest BCUT2D eigenvalue weighted by Crippen LogP contribution is -2.17. The molecule has 4 nitrogen and oxygen atoms in total. The van der Waals surface area contributed by atoms with Gasteiger partial charge in [-0.3, -0.25) is 4.79 Å². The van der Waals surface area contributed by atoms with Crippen LogP contribution in [0.4, 0.5) is 0 Å². The van der Waals surface area contributed by atoms with E-state index in [1.54, 1.807) is 18.3 Å². The fourth-order valence-electron chi connectivity index (χ4n) is 1.76. The second kappa shape index (κ2) is 8.53. The normalized spacial score (nSPS) is 10.6. The van der Waals surface area contributed by atoms with Crippen molar-refractivity contribution < 1.29 is 9.53 Å². The van der Waals surface area contributed by atoms with Crippen molar-refractivity contribution in [1.82, 2.24) is 5.43 Å². The number of ether oxygens (including phenoxy) is 1. The lowest BCUT2D eigenvalue weighted by Gasteiger charge is -2.07. The van der Waals surface area contributed by atoms with Crippen LogP contribution >= 0.6 is 22.6 Å². The molecule has 0 unspecified atom stereocenters.